The molecule has 2 atom stereocenters. The fourth-order valence-electron chi connectivity index (χ4n) is 3.63. The maximum absolute atomic E-state index is 14.1. The van der Waals surface area contributed by atoms with Gasteiger partial charge in [-0.2, -0.15) is 10.2 Å². The van der Waals surface area contributed by atoms with E-state index in [2.05, 4.69) is 20.3 Å². The molecular weight excluding hydrogens is 363 g/mol. The molecule has 3 aromatic rings. The third kappa shape index (κ3) is 3.53. The van der Waals surface area contributed by atoms with Crippen molar-refractivity contribution in [3.05, 3.63) is 42.0 Å². The number of hydrogen-bond acceptors (Lipinski definition) is 5. The van der Waals surface area contributed by atoms with Crippen LogP contribution in [0.15, 0.2) is 30.3 Å². The fourth-order valence-corrected chi connectivity index (χ4v) is 3.63. The van der Waals surface area contributed by atoms with Crippen LogP contribution in [0.4, 0.5) is 4.39 Å². The van der Waals surface area contributed by atoms with E-state index in [1.165, 1.54) is 6.07 Å². The van der Waals surface area contributed by atoms with Crippen LogP contribution in [0.5, 0.6) is 0 Å². The minimum absolute atomic E-state index is 0.100. The number of hydrogen-bond donors (Lipinski definition) is 3. The Labute approximate surface area is 160 Å². The van der Waals surface area contributed by atoms with Gasteiger partial charge in [-0.25, -0.2) is 14.1 Å². The van der Waals surface area contributed by atoms with Gasteiger partial charge in [0.25, 0.3) is 0 Å². The Bertz CT molecular complexity index is 998. The van der Waals surface area contributed by atoms with Crippen LogP contribution >= 0.6 is 0 Å². The molecule has 146 valence electrons. The lowest BCUT2D eigenvalue weighted by Crippen LogP contribution is -2.29. The minimum Gasteiger partial charge on any atom is -0.391 e. The normalized spacial score (nSPS) is 19.6. The summed E-state index contributed by atoms with van der Waals surface area (Å²) in [6.07, 6.45) is 2.70. The molecule has 8 nitrogen and oxygen atoms in total. The molecule has 0 aliphatic heterocycles. The zero-order valence-corrected chi connectivity index (χ0v) is 15.2. The topological polar surface area (TPSA) is 123 Å². The molecule has 2 heterocycles. The zero-order chi connectivity index (χ0) is 19.7. The summed E-state index contributed by atoms with van der Waals surface area (Å²) < 4.78 is 15.7. The minimum atomic E-state index is -0.551. The number of aliphatic hydroxyl groups excluding tert-OH is 1. The van der Waals surface area contributed by atoms with Crippen molar-refractivity contribution in [1.29, 1.82) is 0 Å². The van der Waals surface area contributed by atoms with Gasteiger partial charge < -0.3 is 10.8 Å². The van der Waals surface area contributed by atoms with Gasteiger partial charge in [0.2, 0.25) is 5.91 Å². The highest BCUT2D eigenvalue weighted by molar-refractivity contribution is 5.75. The Balaban J connectivity index is 1.75. The van der Waals surface area contributed by atoms with E-state index in [0.29, 0.717) is 29.2 Å². The van der Waals surface area contributed by atoms with Crippen LogP contribution in [0.3, 0.4) is 0 Å². The predicted molar refractivity (Wildman–Crippen MR) is 99.4 cm³/mol. The summed E-state index contributed by atoms with van der Waals surface area (Å²) in [4.78, 5) is 15.7. The molecule has 9 heteroatoms. The molecule has 1 aromatic carbocycles. The second kappa shape index (κ2) is 7.51. The maximum Gasteiger partial charge on any atom is 0.225 e. The molecule has 4 N–H and O–H groups in total. The first kappa shape index (κ1) is 18.3. The molecule has 2 aromatic heterocycles. The van der Waals surface area contributed by atoms with Crippen LogP contribution in [0.25, 0.3) is 22.8 Å². The highest BCUT2D eigenvalue weighted by atomic mass is 19.1. The summed E-state index contributed by atoms with van der Waals surface area (Å²) in [5.74, 6) is -0.191. The number of aromatic nitrogens is 5. The fraction of sp³-hybridized carbons (Fsp3) is 0.368. The second-order valence-electron chi connectivity index (χ2n) is 7.01. The average molecular weight is 384 g/mol. The highest BCUT2D eigenvalue weighted by Gasteiger charge is 2.29. The number of aliphatic hydroxyl groups is 1. The van der Waals surface area contributed by atoms with E-state index in [0.717, 1.165) is 19.3 Å². The maximum atomic E-state index is 14.1. The van der Waals surface area contributed by atoms with Gasteiger partial charge in [-0.1, -0.05) is 25.0 Å². The summed E-state index contributed by atoms with van der Waals surface area (Å²) in [5.41, 5.74) is 6.61. The monoisotopic (exact) mass is 384 g/mol. The molecule has 1 aliphatic rings. The number of rotatable bonds is 5. The van der Waals surface area contributed by atoms with Crippen molar-refractivity contribution in [2.75, 3.05) is 0 Å². The smallest absolute Gasteiger partial charge is 0.225 e. The number of nitrogens with two attached hydrogens (primary N) is 1. The summed E-state index contributed by atoms with van der Waals surface area (Å²) in [6.45, 7) is 0. The van der Waals surface area contributed by atoms with Gasteiger partial charge in [-0.3, -0.25) is 9.89 Å². The molecule has 4 rings (SSSR count). The molecule has 1 saturated carbocycles. The van der Waals surface area contributed by atoms with E-state index in [-0.39, 0.29) is 24.1 Å². The summed E-state index contributed by atoms with van der Waals surface area (Å²) in [5, 5.41) is 21.9. The van der Waals surface area contributed by atoms with E-state index in [9.17, 15) is 14.3 Å². The molecule has 0 bridgehead atoms. The molecule has 28 heavy (non-hydrogen) atoms. The number of nitrogens with zero attached hydrogens (tertiary/aromatic N) is 4. The molecule has 0 unspecified atom stereocenters. The first-order valence-corrected chi connectivity index (χ1v) is 9.25. The third-order valence-electron chi connectivity index (χ3n) is 4.98. The average Bonchev–Trinajstić information content (AvgIpc) is 3.29. The number of carbonyl (C=O) groups excluding carboxylic acids is 1. The summed E-state index contributed by atoms with van der Waals surface area (Å²) in [7, 11) is 0. The van der Waals surface area contributed by atoms with Crippen molar-refractivity contribution < 1.29 is 14.3 Å². The third-order valence-corrected chi connectivity index (χ3v) is 4.98. The first-order chi connectivity index (χ1) is 13.5. The molecule has 1 amide bonds. The van der Waals surface area contributed by atoms with Crippen LogP contribution in [0.1, 0.15) is 37.5 Å². The van der Waals surface area contributed by atoms with E-state index in [1.807, 2.05) is 0 Å². The van der Waals surface area contributed by atoms with E-state index < -0.39 is 12.0 Å². The number of aromatic amines is 1. The van der Waals surface area contributed by atoms with Crippen molar-refractivity contribution in [2.24, 2.45) is 5.73 Å². The number of amides is 1. The Hall–Kier alpha value is -3.07. The lowest BCUT2D eigenvalue weighted by Gasteiger charge is -2.28. The number of H-pyrrole nitrogens is 1. The van der Waals surface area contributed by atoms with E-state index in [4.69, 9.17) is 5.73 Å². The lowest BCUT2D eigenvalue weighted by atomic mass is 9.92. The predicted octanol–water partition coefficient (Wildman–Crippen LogP) is 1.98. The SMILES string of the molecule is NC(=O)Cc1nc(-c2cc(-c3ccccc3F)n[nH]2)n([C@@H]2CCCC[C@H]2O)n1. The molecule has 1 aliphatic carbocycles. The lowest BCUT2D eigenvalue weighted by molar-refractivity contribution is -0.117. The largest absolute Gasteiger partial charge is 0.391 e. The molecule has 0 spiro atoms. The van der Waals surface area contributed by atoms with Crippen LogP contribution < -0.4 is 5.73 Å². The number of halogens is 1. The standard InChI is InChI=1S/C19H21FN6O2/c20-12-6-2-1-5-11(12)13-9-14(24-23-13)19-22-18(10-17(21)28)25-26(19)15-7-3-4-8-16(15)27/h1-2,5-6,9,15-16,27H,3-4,7-8,10H2,(H2,21,28)(H,23,24)/t15-,16-/m1/s1. The Morgan fingerprint density at radius 3 is 2.86 bits per heavy atom. The number of benzene rings is 1. The van der Waals surface area contributed by atoms with Gasteiger partial charge in [0.1, 0.15) is 11.5 Å². The van der Waals surface area contributed by atoms with Crippen LogP contribution in [-0.4, -0.2) is 42.1 Å². The van der Waals surface area contributed by atoms with E-state index in [1.54, 1.807) is 28.9 Å². The molecule has 0 radical (unpaired) electrons. The summed E-state index contributed by atoms with van der Waals surface area (Å²) >= 11 is 0. The van der Waals surface area contributed by atoms with Gasteiger partial charge in [0.05, 0.1) is 24.3 Å². The van der Waals surface area contributed by atoms with Crippen LogP contribution in [0.2, 0.25) is 0 Å². The van der Waals surface area contributed by atoms with E-state index >= 15 is 0 Å². The molecule has 0 saturated heterocycles. The zero-order valence-electron chi connectivity index (χ0n) is 15.2. The quantitative estimate of drug-likeness (QED) is 0.621. The number of carbonyl (C=O) groups is 1. The Kier molecular flexibility index (Phi) is 4.91. The van der Waals surface area contributed by atoms with Gasteiger partial charge in [0.15, 0.2) is 11.6 Å². The molecular formula is C19H21FN6O2. The van der Waals surface area contributed by atoms with Crippen molar-refractivity contribution in [1.82, 2.24) is 25.0 Å². The second-order valence-corrected chi connectivity index (χ2v) is 7.01. The van der Waals surface area contributed by atoms with Gasteiger partial charge >= 0.3 is 0 Å². The van der Waals surface area contributed by atoms with Crippen molar-refractivity contribution in [2.45, 2.75) is 44.2 Å². The van der Waals surface area contributed by atoms with Crippen molar-refractivity contribution in [3.63, 3.8) is 0 Å². The van der Waals surface area contributed by atoms with Gasteiger partial charge in [-0.05, 0) is 31.0 Å². The van der Waals surface area contributed by atoms with Crippen molar-refractivity contribution in [3.8, 4) is 22.8 Å². The van der Waals surface area contributed by atoms with Crippen molar-refractivity contribution >= 4 is 5.91 Å². The highest BCUT2D eigenvalue weighted by Crippen LogP contribution is 2.32. The number of primary amides is 1. The van der Waals surface area contributed by atoms with Gasteiger partial charge in [-0.15, -0.1) is 0 Å². The van der Waals surface area contributed by atoms with Gasteiger partial charge in [0, 0.05) is 5.56 Å². The number of nitrogens with one attached hydrogen (secondary N) is 1. The van der Waals surface area contributed by atoms with Crippen LogP contribution in [-0.2, 0) is 11.2 Å². The summed E-state index contributed by atoms with van der Waals surface area (Å²) in [6, 6.07) is 7.79. The molecule has 1 fully saturated rings. The first-order valence-electron chi connectivity index (χ1n) is 9.25. The Morgan fingerprint density at radius 2 is 2.11 bits per heavy atom. The Morgan fingerprint density at radius 1 is 1.32 bits per heavy atom. The van der Waals surface area contributed by atoms with Crippen LogP contribution in [0, 0.1) is 5.82 Å².